The van der Waals surface area contributed by atoms with Gasteiger partial charge in [-0.1, -0.05) is 13.8 Å². The SMILES string of the molecule is CCNC(=NCC(C)N(CC)CC)N(C)Cc1cccn1C. The van der Waals surface area contributed by atoms with E-state index in [1.54, 1.807) is 0 Å². The molecule has 126 valence electrons. The zero-order chi connectivity index (χ0) is 16.5. The van der Waals surface area contributed by atoms with Crippen LogP contribution in [0.1, 0.15) is 33.4 Å². The lowest BCUT2D eigenvalue weighted by atomic mass is 10.3. The molecular formula is C17H33N5. The van der Waals surface area contributed by atoms with Crippen LogP contribution in [-0.4, -0.2) is 59.6 Å². The highest BCUT2D eigenvalue weighted by atomic mass is 15.3. The summed E-state index contributed by atoms with van der Waals surface area (Å²) in [4.78, 5) is 9.44. The molecule has 0 aliphatic carbocycles. The molecule has 1 heterocycles. The normalized spacial score (nSPS) is 13.5. The quantitative estimate of drug-likeness (QED) is 0.590. The highest BCUT2D eigenvalue weighted by Gasteiger charge is 2.12. The number of nitrogens with zero attached hydrogens (tertiary/aromatic N) is 4. The molecule has 1 unspecified atom stereocenters. The highest BCUT2D eigenvalue weighted by molar-refractivity contribution is 5.79. The minimum absolute atomic E-state index is 0.465. The van der Waals surface area contributed by atoms with Crippen molar-refractivity contribution in [2.75, 3.05) is 33.2 Å². The first-order valence-corrected chi connectivity index (χ1v) is 8.37. The van der Waals surface area contributed by atoms with Crippen LogP contribution in [0.3, 0.4) is 0 Å². The monoisotopic (exact) mass is 307 g/mol. The lowest BCUT2D eigenvalue weighted by molar-refractivity contribution is 0.236. The van der Waals surface area contributed by atoms with E-state index in [1.807, 2.05) is 0 Å². The van der Waals surface area contributed by atoms with Crippen molar-refractivity contribution in [3.05, 3.63) is 24.0 Å². The summed E-state index contributed by atoms with van der Waals surface area (Å²) < 4.78 is 2.15. The zero-order valence-corrected chi connectivity index (χ0v) is 15.1. The Labute approximate surface area is 136 Å². The summed E-state index contributed by atoms with van der Waals surface area (Å²) in [6.07, 6.45) is 2.08. The van der Waals surface area contributed by atoms with Gasteiger partial charge in [0.25, 0.3) is 0 Å². The lowest BCUT2D eigenvalue weighted by Gasteiger charge is -2.27. The number of hydrogen-bond acceptors (Lipinski definition) is 2. The summed E-state index contributed by atoms with van der Waals surface area (Å²) in [6.45, 7) is 13.5. The number of aliphatic imine (C=N–C) groups is 1. The fraction of sp³-hybridized carbons (Fsp3) is 0.706. The summed E-state index contributed by atoms with van der Waals surface area (Å²) in [5.41, 5.74) is 1.28. The Balaban J connectivity index is 2.70. The van der Waals surface area contributed by atoms with Gasteiger partial charge in [0.1, 0.15) is 0 Å². The van der Waals surface area contributed by atoms with Crippen LogP contribution in [0, 0.1) is 0 Å². The van der Waals surface area contributed by atoms with Gasteiger partial charge >= 0.3 is 0 Å². The van der Waals surface area contributed by atoms with E-state index in [0.717, 1.165) is 38.7 Å². The maximum Gasteiger partial charge on any atom is 0.194 e. The second-order valence-corrected chi connectivity index (χ2v) is 5.73. The topological polar surface area (TPSA) is 35.8 Å². The van der Waals surface area contributed by atoms with Crippen molar-refractivity contribution in [1.82, 2.24) is 19.7 Å². The average Bonchev–Trinajstić information content (AvgIpc) is 2.89. The van der Waals surface area contributed by atoms with E-state index in [2.05, 4.69) is 79.8 Å². The van der Waals surface area contributed by atoms with Crippen molar-refractivity contribution < 1.29 is 0 Å². The molecule has 0 aliphatic rings. The van der Waals surface area contributed by atoms with Crippen molar-refractivity contribution in [1.29, 1.82) is 0 Å². The number of hydrogen-bond donors (Lipinski definition) is 1. The van der Waals surface area contributed by atoms with Gasteiger partial charge in [0.2, 0.25) is 0 Å². The molecule has 0 aliphatic heterocycles. The fourth-order valence-corrected chi connectivity index (χ4v) is 2.63. The number of rotatable bonds is 8. The molecule has 1 aromatic rings. The third-order valence-electron chi connectivity index (χ3n) is 4.09. The van der Waals surface area contributed by atoms with Crippen molar-refractivity contribution >= 4 is 5.96 Å². The third kappa shape index (κ3) is 5.37. The Kier molecular flexibility index (Phi) is 8.02. The van der Waals surface area contributed by atoms with E-state index in [-0.39, 0.29) is 0 Å². The molecule has 0 saturated carbocycles. The highest BCUT2D eigenvalue weighted by Crippen LogP contribution is 2.05. The predicted molar refractivity (Wildman–Crippen MR) is 95.2 cm³/mol. The van der Waals surface area contributed by atoms with Crippen LogP contribution in [0.25, 0.3) is 0 Å². The first-order valence-electron chi connectivity index (χ1n) is 8.37. The maximum absolute atomic E-state index is 4.82. The summed E-state index contributed by atoms with van der Waals surface area (Å²) in [6, 6.07) is 4.70. The second-order valence-electron chi connectivity index (χ2n) is 5.73. The van der Waals surface area contributed by atoms with E-state index in [1.165, 1.54) is 5.69 Å². The molecule has 0 bridgehead atoms. The first kappa shape index (κ1) is 18.6. The van der Waals surface area contributed by atoms with E-state index in [9.17, 15) is 0 Å². The average molecular weight is 307 g/mol. The first-order chi connectivity index (χ1) is 10.5. The van der Waals surface area contributed by atoms with E-state index in [4.69, 9.17) is 4.99 Å². The standard InChI is InChI=1S/C17H33N5/c1-7-18-17(19-13-15(4)22(8-2)9-3)21(6)14-16-11-10-12-20(16)5/h10-12,15H,7-9,13-14H2,1-6H3,(H,18,19). The van der Waals surface area contributed by atoms with Gasteiger partial charge < -0.3 is 14.8 Å². The summed E-state index contributed by atoms with van der Waals surface area (Å²) in [5.74, 6) is 0.975. The van der Waals surface area contributed by atoms with Gasteiger partial charge in [-0.3, -0.25) is 9.89 Å². The van der Waals surface area contributed by atoms with E-state index in [0.29, 0.717) is 6.04 Å². The van der Waals surface area contributed by atoms with Gasteiger partial charge in [0.05, 0.1) is 13.1 Å². The molecule has 22 heavy (non-hydrogen) atoms. The van der Waals surface area contributed by atoms with Crippen molar-refractivity contribution in [2.24, 2.45) is 12.0 Å². The van der Waals surface area contributed by atoms with Crippen molar-refractivity contribution in [2.45, 2.75) is 40.3 Å². The van der Waals surface area contributed by atoms with Crippen LogP contribution in [0.4, 0.5) is 0 Å². The van der Waals surface area contributed by atoms with Gasteiger partial charge in [-0.25, -0.2) is 0 Å². The summed E-state index contributed by atoms with van der Waals surface area (Å²) in [7, 11) is 4.17. The number of likely N-dealkylation sites (N-methyl/N-ethyl adjacent to an activating group) is 1. The molecule has 1 rings (SSSR count). The van der Waals surface area contributed by atoms with Gasteiger partial charge in [-0.05, 0) is 39.1 Å². The molecule has 0 spiro atoms. The van der Waals surface area contributed by atoms with Crippen LogP contribution >= 0.6 is 0 Å². The molecule has 0 aromatic carbocycles. The number of aryl methyl sites for hydroxylation is 1. The van der Waals surface area contributed by atoms with E-state index >= 15 is 0 Å². The summed E-state index contributed by atoms with van der Waals surface area (Å²) >= 11 is 0. The molecule has 5 heteroatoms. The molecule has 1 N–H and O–H groups in total. The Hall–Kier alpha value is -1.49. The van der Waals surface area contributed by atoms with Gasteiger partial charge in [-0.15, -0.1) is 0 Å². The molecule has 5 nitrogen and oxygen atoms in total. The summed E-state index contributed by atoms with van der Waals surface area (Å²) in [5, 5.41) is 3.39. The van der Waals surface area contributed by atoms with Gasteiger partial charge in [0.15, 0.2) is 5.96 Å². The Morgan fingerprint density at radius 1 is 1.32 bits per heavy atom. The molecule has 0 fully saturated rings. The van der Waals surface area contributed by atoms with Gasteiger partial charge in [-0.2, -0.15) is 0 Å². The van der Waals surface area contributed by atoms with Crippen LogP contribution in [0.15, 0.2) is 23.3 Å². The zero-order valence-electron chi connectivity index (χ0n) is 15.1. The smallest absolute Gasteiger partial charge is 0.194 e. The van der Waals surface area contributed by atoms with Gasteiger partial charge in [0, 0.05) is 38.6 Å². The lowest BCUT2D eigenvalue weighted by Crippen LogP contribution is -2.41. The minimum atomic E-state index is 0.465. The number of aromatic nitrogens is 1. The second kappa shape index (κ2) is 9.51. The van der Waals surface area contributed by atoms with Crippen LogP contribution in [0.2, 0.25) is 0 Å². The largest absolute Gasteiger partial charge is 0.357 e. The Bertz CT molecular complexity index is 448. The minimum Gasteiger partial charge on any atom is -0.357 e. The number of nitrogens with one attached hydrogen (secondary N) is 1. The number of guanidine groups is 1. The van der Waals surface area contributed by atoms with Crippen LogP contribution in [0.5, 0.6) is 0 Å². The Morgan fingerprint density at radius 2 is 2.00 bits per heavy atom. The van der Waals surface area contributed by atoms with E-state index < -0.39 is 0 Å². The predicted octanol–water partition coefficient (Wildman–Crippen LogP) is 2.15. The van der Waals surface area contributed by atoms with Crippen molar-refractivity contribution in [3.8, 4) is 0 Å². The third-order valence-corrected chi connectivity index (χ3v) is 4.09. The molecule has 0 saturated heterocycles. The van der Waals surface area contributed by atoms with Crippen LogP contribution in [-0.2, 0) is 13.6 Å². The maximum atomic E-state index is 4.82. The Morgan fingerprint density at radius 3 is 2.50 bits per heavy atom. The molecule has 0 amide bonds. The molecule has 1 aromatic heterocycles. The fourth-order valence-electron chi connectivity index (χ4n) is 2.63. The van der Waals surface area contributed by atoms with Crippen molar-refractivity contribution in [3.63, 3.8) is 0 Å². The molecule has 1 atom stereocenters. The molecule has 0 radical (unpaired) electrons. The molecular weight excluding hydrogens is 274 g/mol. The van der Waals surface area contributed by atoms with Crippen LogP contribution < -0.4 is 5.32 Å².